The van der Waals surface area contributed by atoms with Crippen molar-refractivity contribution in [2.75, 3.05) is 11.9 Å². The largest absolute Gasteiger partial charge is 0.359 e. The minimum absolute atomic E-state index is 0.275. The number of para-hydroxylation sites is 1. The SMILES string of the molecule is Cc1c(N2C=CN(C)[C@@H]2C)n2c3c(cccc13)C(C)c1cc(-c3ccccc3)cc(C(C)C)c1-2. The number of nitrogens with zero attached hydrogens (tertiary/aromatic N) is 3. The van der Waals surface area contributed by atoms with Crippen molar-refractivity contribution in [2.24, 2.45) is 0 Å². The first-order valence-corrected chi connectivity index (χ1v) is 12.4. The number of fused-ring (bicyclic) bond motifs is 2. The van der Waals surface area contributed by atoms with Gasteiger partial charge in [0.1, 0.15) is 12.0 Å². The summed E-state index contributed by atoms with van der Waals surface area (Å²) in [6.45, 7) is 11.6. The lowest BCUT2D eigenvalue weighted by Gasteiger charge is -2.34. The normalized spacial score (nSPS) is 18.9. The van der Waals surface area contributed by atoms with Crippen molar-refractivity contribution in [1.29, 1.82) is 0 Å². The fourth-order valence-corrected chi connectivity index (χ4v) is 5.93. The molecule has 6 rings (SSSR count). The Morgan fingerprint density at radius 3 is 2.26 bits per heavy atom. The van der Waals surface area contributed by atoms with Crippen LogP contribution in [0, 0.1) is 6.92 Å². The number of hydrogen-bond donors (Lipinski definition) is 0. The molecule has 3 heterocycles. The van der Waals surface area contributed by atoms with Gasteiger partial charge in [-0.15, -0.1) is 0 Å². The van der Waals surface area contributed by atoms with Crippen LogP contribution in [0.2, 0.25) is 0 Å². The molecule has 4 aromatic rings. The van der Waals surface area contributed by atoms with Gasteiger partial charge in [0, 0.05) is 30.8 Å². The van der Waals surface area contributed by atoms with E-state index in [0.29, 0.717) is 11.8 Å². The smallest absolute Gasteiger partial charge is 0.123 e. The molecule has 34 heavy (non-hydrogen) atoms. The van der Waals surface area contributed by atoms with Gasteiger partial charge >= 0.3 is 0 Å². The molecular formula is C31H33N3. The molecule has 2 aliphatic rings. The molecule has 0 saturated carbocycles. The summed E-state index contributed by atoms with van der Waals surface area (Å²) in [6, 6.07) is 22.6. The monoisotopic (exact) mass is 447 g/mol. The fraction of sp³-hybridized carbons (Fsp3) is 0.290. The zero-order valence-corrected chi connectivity index (χ0v) is 21.0. The highest BCUT2D eigenvalue weighted by atomic mass is 15.4. The standard InChI is InChI=1S/C31H33N3/c1-19(2)27-17-24(23-11-8-7-9-12-23)18-28-20(3)25-13-10-14-26-21(4)31(34(29(25)26)30(27)28)33-16-15-32(6)22(33)5/h7-20,22H,1-6H3/t20?,22-/m0/s1. The van der Waals surface area contributed by atoms with Crippen molar-refractivity contribution < 1.29 is 0 Å². The molecule has 0 bridgehead atoms. The number of anilines is 1. The average Bonchev–Trinajstić information content (AvgIpc) is 3.33. The van der Waals surface area contributed by atoms with Gasteiger partial charge in [-0.2, -0.15) is 0 Å². The molecule has 3 nitrogen and oxygen atoms in total. The highest BCUT2D eigenvalue weighted by molar-refractivity contribution is 5.97. The number of hydrogen-bond acceptors (Lipinski definition) is 2. The maximum absolute atomic E-state index is 2.58. The summed E-state index contributed by atoms with van der Waals surface area (Å²) in [5, 5.41) is 1.36. The quantitative estimate of drug-likeness (QED) is 0.318. The zero-order chi connectivity index (χ0) is 23.7. The molecule has 0 N–H and O–H groups in total. The molecule has 3 aromatic carbocycles. The molecule has 2 atom stereocenters. The molecule has 2 aliphatic heterocycles. The highest BCUT2D eigenvalue weighted by Crippen LogP contribution is 2.49. The molecule has 0 fully saturated rings. The Morgan fingerprint density at radius 1 is 0.824 bits per heavy atom. The molecule has 0 saturated heterocycles. The van der Waals surface area contributed by atoms with Gasteiger partial charge in [0.2, 0.25) is 0 Å². The lowest BCUT2D eigenvalue weighted by molar-refractivity contribution is 0.381. The van der Waals surface area contributed by atoms with Gasteiger partial charge in [0.05, 0.1) is 11.2 Å². The van der Waals surface area contributed by atoms with Crippen molar-refractivity contribution in [3.63, 3.8) is 0 Å². The van der Waals surface area contributed by atoms with Gasteiger partial charge in [-0.3, -0.25) is 4.57 Å². The van der Waals surface area contributed by atoms with Gasteiger partial charge in [0.15, 0.2) is 0 Å². The molecule has 0 amide bonds. The van der Waals surface area contributed by atoms with Gasteiger partial charge in [-0.25, -0.2) is 0 Å². The van der Waals surface area contributed by atoms with Crippen LogP contribution in [0.25, 0.3) is 27.7 Å². The van der Waals surface area contributed by atoms with Crippen LogP contribution in [0.4, 0.5) is 5.82 Å². The number of benzene rings is 3. The number of aryl methyl sites for hydroxylation is 1. The summed E-state index contributed by atoms with van der Waals surface area (Å²) in [7, 11) is 2.16. The van der Waals surface area contributed by atoms with E-state index in [2.05, 4.69) is 129 Å². The van der Waals surface area contributed by atoms with Crippen LogP contribution in [0.1, 0.15) is 61.8 Å². The summed E-state index contributed by atoms with van der Waals surface area (Å²) >= 11 is 0. The maximum atomic E-state index is 2.58. The van der Waals surface area contributed by atoms with Crippen molar-refractivity contribution in [3.8, 4) is 16.8 Å². The van der Waals surface area contributed by atoms with E-state index in [4.69, 9.17) is 0 Å². The van der Waals surface area contributed by atoms with E-state index in [1.54, 1.807) is 0 Å². The van der Waals surface area contributed by atoms with E-state index in [1.165, 1.54) is 55.8 Å². The summed E-state index contributed by atoms with van der Waals surface area (Å²) in [5.41, 5.74) is 11.0. The van der Waals surface area contributed by atoms with Crippen LogP contribution in [-0.4, -0.2) is 22.7 Å². The molecular weight excluding hydrogens is 414 g/mol. The Balaban J connectivity index is 1.72. The van der Waals surface area contributed by atoms with E-state index < -0.39 is 0 Å². The van der Waals surface area contributed by atoms with Crippen molar-refractivity contribution in [2.45, 2.75) is 52.6 Å². The minimum Gasteiger partial charge on any atom is -0.359 e. The van der Waals surface area contributed by atoms with Crippen LogP contribution in [0.15, 0.2) is 73.1 Å². The van der Waals surface area contributed by atoms with E-state index in [0.717, 1.165) is 0 Å². The lowest BCUT2D eigenvalue weighted by Crippen LogP contribution is -2.35. The number of aromatic nitrogens is 1. The predicted molar refractivity (Wildman–Crippen MR) is 144 cm³/mol. The van der Waals surface area contributed by atoms with E-state index in [1.807, 2.05) is 0 Å². The molecule has 0 spiro atoms. The second-order valence-corrected chi connectivity index (χ2v) is 10.3. The van der Waals surface area contributed by atoms with Crippen molar-refractivity contribution in [1.82, 2.24) is 9.47 Å². The molecule has 172 valence electrons. The third-order valence-corrected chi connectivity index (χ3v) is 8.00. The average molecular weight is 448 g/mol. The second kappa shape index (κ2) is 7.53. The summed E-state index contributed by atoms with van der Waals surface area (Å²) in [4.78, 5) is 4.72. The predicted octanol–water partition coefficient (Wildman–Crippen LogP) is 7.76. The summed E-state index contributed by atoms with van der Waals surface area (Å²) in [6.07, 6.45) is 4.70. The van der Waals surface area contributed by atoms with Gasteiger partial charge < -0.3 is 9.80 Å². The topological polar surface area (TPSA) is 11.4 Å². The van der Waals surface area contributed by atoms with Crippen molar-refractivity contribution in [3.05, 3.63) is 95.3 Å². The Labute approximate surface area is 202 Å². The molecule has 1 unspecified atom stereocenters. The Kier molecular flexibility index (Phi) is 4.67. The summed E-state index contributed by atoms with van der Waals surface area (Å²) in [5.74, 6) is 2.04. The van der Waals surface area contributed by atoms with Crippen LogP contribution >= 0.6 is 0 Å². The Morgan fingerprint density at radius 2 is 1.59 bits per heavy atom. The first-order valence-electron chi connectivity index (χ1n) is 12.4. The van der Waals surface area contributed by atoms with Crippen molar-refractivity contribution >= 4 is 16.7 Å². The van der Waals surface area contributed by atoms with Crippen LogP contribution in [0.5, 0.6) is 0 Å². The van der Waals surface area contributed by atoms with Gasteiger partial charge in [-0.05, 0) is 65.3 Å². The van der Waals surface area contributed by atoms with E-state index in [9.17, 15) is 0 Å². The highest BCUT2D eigenvalue weighted by Gasteiger charge is 2.34. The maximum Gasteiger partial charge on any atom is 0.123 e. The van der Waals surface area contributed by atoms with E-state index in [-0.39, 0.29) is 6.17 Å². The second-order valence-electron chi connectivity index (χ2n) is 10.3. The molecule has 3 heteroatoms. The van der Waals surface area contributed by atoms with Crippen LogP contribution < -0.4 is 4.90 Å². The van der Waals surface area contributed by atoms with E-state index >= 15 is 0 Å². The molecule has 1 aromatic heterocycles. The third-order valence-electron chi connectivity index (χ3n) is 8.00. The van der Waals surface area contributed by atoms with Gasteiger partial charge in [-0.1, -0.05) is 69.3 Å². The Hall–Kier alpha value is -3.46. The van der Waals surface area contributed by atoms with Crippen LogP contribution in [-0.2, 0) is 0 Å². The molecule has 0 radical (unpaired) electrons. The first kappa shape index (κ1) is 21.1. The summed E-state index contributed by atoms with van der Waals surface area (Å²) < 4.78 is 2.58. The first-order chi connectivity index (χ1) is 16.4. The molecule has 0 aliphatic carbocycles. The minimum atomic E-state index is 0.275. The third kappa shape index (κ3) is 2.82. The lowest BCUT2D eigenvalue weighted by atomic mass is 9.82. The fourth-order valence-electron chi connectivity index (χ4n) is 5.93. The van der Waals surface area contributed by atoms with Gasteiger partial charge in [0.25, 0.3) is 0 Å². The number of rotatable bonds is 3. The zero-order valence-electron chi connectivity index (χ0n) is 21.0. The Bertz CT molecular complexity index is 1440. The van der Waals surface area contributed by atoms with Crippen LogP contribution in [0.3, 0.4) is 0 Å².